The molecule has 2 saturated heterocycles. The van der Waals surface area contributed by atoms with Crippen LogP contribution in [0.2, 0.25) is 0 Å². The van der Waals surface area contributed by atoms with Gasteiger partial charge in [0, 0.05) is 0 Å². The summed E-state index contributed by atoms with van der Waals surface area (Å²) in [6, 6.07) is 12.2. The summed E-state index contributed by atoms with van der Waals surface area (Å²) in [5, 5.41) is 10.1. The zero-order chi connectivity index (χ0) is 20.6. The molecule has 2 aromatic heterocycles. The van der Waals surface area contributed by atoms with Gasteiger partial charge in [-0.05, 0) is 23.6 Å². The summed E-state index contributed by atoms with van der Waals surface area (Å²) in [7, 11) is -3.59. The lowest BCUT2D eigenvalue weighted by Gasteiger charge is -2.17. The van der Waals surface area contributed by atoms with E-state index in [-0.39, 0.29) is 29.1 Å². The highest BCUT2D eigenvalue weighted by Crippen LogP contribution is 2.34. The lowest BCUT2D eigenvalue weighted by molar-refractivity contribution is 0.0624. The van der Waals surface area contributed by atoms with Gasteiger partial charge < -0.3 is 14.2 Å². The van der Waals surface area contributed by atoms with Gasteiger partial charge >= 0.3 is 0 Å². The van der Waals surface area contributed by atoms with Crippen LogP contribution >= 0.6 is 11.3 Å². The number of thiophene rings is 1. The largest absolute Gasteiger partial charge is 0.487 e. The fraction of sp³-hybridized carbons (Fsp3) is 0.368. The van der Waals surface area contributed by atoms with Gasteiger partial charge in [-0.1, -0.05) is 29.5 Å². The number of hydrogen-bond donors (Lipinski definition) is 1. The number of benzene rings is 1. The first-order valence-electron chi connectivity index (χ1n) is 9.48. The summed E-state index contributed by atoms with van der Waals surface area (Å²) in [5.41, 5.74) is 0.690. The van der Waals surface area contributed by atoms with Crippen molar-refractivity contribution in [2.75, 3.05) is 13.2 Å². The monoisotopic (exact) mass is 448 g/mol. The molecular formula is C19H20N4O5S2. The van der Waals surface area contributed by atoms with Gasteiger partial charge in [-0.25, -0.2) is 17.8 Å². The Balaban J connectivity index is 1.23. The van der Waals surface area contributed by atoms with E-state index in [9.17, 15) is 8.42 Å². The van der Waals surface area contributed by atoms with Crippen LogP contribution in [0.3, 0.4) is 0 Å². The molecular weight excluding hydrogens is 428 g/mol. The van der Waals surface area contributed by atoms with Gasteiger partial charge in [0.1, 0.15) is 40.5 Å². The van der Waals surface area contributed by atoms with Crippen molar-refractivity contribution in [3.63, 3.8) is 0 Å². The molecule has 0 spiro atoms. The second kappa shape index (κ2) is 8.08. The zero-order valence-corrected chi connectivity index (χ0v) is 17.5. The Labute approximate surface area is 177 Å². The second-order valence-corrected chi connectivity index (χ2v) is 10.0. The molecule has 4 heterocycles. The summed E-state index contributed by atoms with van der Waals surface area (Å²) in [4.78, 5) is 0. The van der Waals surface area contributed by atoms with Crippen molar-refractivity contribution in [1.82, 2.24) is 19.7 Å². The normalized spacial score (nSPS) is 26.0. The summed E-state index contributed by atoms with van der Waals surface area (Å²) < 4.78 is 47.2. The first-order chi connectivity index (χ1) is 14.6. The topological polar surface area (TPSA) is 105 Å². The molecule has 0 bridgehead atoms. The molecule has 0 saturated carbocycles. The predicted octanol–water partition coefficient (Wildman–Crippen LogP) is 1.60. The molecule has 0 amide bonds. The summed E-state index contributed by atoms with van der Waals surface area (Å²) in [6.07, 6.45) is 1.13. The Bertz CT molecular complexity index is 1090. The Morgan fingerprint density at radius 2 is 1.97 bits per heavy atom. The van der Waals surface area contributed by atoms with Gasteiger partial charge in [-0.2, -0.15) is 0 Å². The molecule has 0 unspecified atom stereocenters. The number of sulfonamides is 1. The zero-order valence-electron chi connectivity index (χ0n) is 15.8. The Kier molecular flexibility index (Phi) is 5.29. The van der Waals surface area contributed by atoms with Gasteiger partial charge in [0.15, 0.2) is 0 Å². The SMILES string of the molecule is O=S(=O)(N[C@H]1CO[C@H]2[C@H]1OC[C@H]2n1cc(COc2ccccc2)nn1)c1cccs1. The number of rotatable bonds is 7. The van der Waals surface area contributed by atoms with Crippen molar-refractivity contribution >= 4 is 21.4 Å². The van der Waals surface area contributed by atoms with Crippen LogP contribution in [0.15, 0.2) is 58.3 Å². The minimum atomic E-state index is -3.59. The Morgan fingerprint density at radius 1 is 1.13 bits per heavy atom. The Hall–Kier alpha value is -2.31. The third-order valence-corrected chi connectivity index (χ3v) is 8.01. The van der Waals surface area contributed by atoms with E-state index in [0.717, 1.165) is 5.75 Å². The lowest BCUT2D eigenvalue weighted by Crippen LogP contribution is -2.43. The number of nitrogens with one attached hydrogen (secondary N) is 1. The number of fused-ring (bicyclic) bond motifs is 1. The van der Waals surface area contributed by atoms with Crippen molar-refractivity contribution in [1.29, 1.82) is 0 Å². The second-order valence-electron chi connectivity index (χ2n) is 7.11. The lowest BCUT2D eigenvalue weighted by atomic mass is 10.1. The Morgan fingerprint density at radius 3 is 2.77 bits per heavy atom. The standard InChI is InChI=1S/C19H20N4O5S2/c24-30(25,17-7-4-8-29-17)21-15-11-27-19-16(12-28-18(15)19)23-9-13(20-22-23)10-26-14-5-2-1-3-6-14/h1-9,15-16,18-19,21H,10-12H2/t15-,16+,18-,19+/m0/s1. The van der Waals surface area contributed by atoms with Crippen LogP contribution in [0.5, 0.6) is 5.75 Å². The molecule has 158 valence electrons. The number of para-hydroxylation sites is 1. The highest BCUT2D eigenvalue weighted by molar-refractivity contribution is 7.91. The summed E-state index contributed by atoms with van der Waals surface area (Å²) >= 11 is 1.18. The van der Waals surface area contributed by atoms with E-state index in [1.807, 2.05) is 36.5 Å². The van der Waals surface area contributed by atoms with Crippen molar-refractivity contribution in [2.24, 2.45) is 0 Å². The summed E-state index contributed by atoms with van der Waals surface area (Å²) in [5.74, 6) is 0.760. The molecule has 5 rings (SSSR count). The van der Waals surface area contributed by atoms with Gasteiger partial charge in [0.2, 0.25) is 10.0 Å². The van der Waals surface area contributed by atoms with E-state index in [4.69, 9.17) is 14.2 Å². The average molecular weight is 449 g/mol. The fourth-order valence-corrected chi connectivity index (χ4v) is 5.94. The summed E-state index contributed by atoms with van der Waals surface area (Å²) in [6.45, 7) is 0.916. The maximum Gasteiger partial charge on any atom is 0.250 e. The van der Waals surface area contributed by atoms with E-state index in [2.05, 4.69) is 15.0 Å². The number of hydrogen-bond acceptors (Lipinski definition) is 8. The van der Waals surface area contributed by atoms with E-state index in [1.165, 1.54) is 11.3 Å². The van der Waals surface area contributed by atoms with Crippen LogP contribution in [-0.4, -0.2) is 54.9 Å². The van der Waals surface area contributed by atoms with Gasteiger partial charge in [-0.15, -0.1) is 16.4 Å². The average Bonchev–Trinajstić information content (AvgIpc) is 3.52. The minimum Gasteiger partial charge on any atom is -0.487 e. The van der Waals surface area contributed by atoms with Crippen LogP contribution in [0.25, 0.3) is 0 Å². The molecule has 1 aromatic carbocycles. The van der Waals surface area contributed by atoms with Crippen LogP contribution < -0.4 is 9.46 Å². The number of aromatic nitrogens is 3. The number of ether oxygens (including phenoxy) is 3. The van der Waals surface area contributed by atoms with Crippen LogP contribution in [0.1, 0.15) is 11.7 Å². The third kappa shape index (κ3) is 3.86. The van der Waals surface area contributed by atoms with E-state index >= 15 is 0 Å². The smallest absolute Gasteiger partial charge is 0.250 e. The van der Waals surface area contributed by atoms with Gasteiger partial charge in [0.25, 0.3) is 0 Å². The molecule has 30 heavy (non-hydrogen) atoms. The molecule has 11 heteroatoms. The van der Waals surface area contributed by atoms with Gasteiger partial charge in [0.05, 0.1) is 25.5 Å². The maximum atomic E-state index is 12.5. The van der Waals surface area contributed by atoms with E-state index < -0.39 is 16.1 Å². The molecule has 4 atom stereocenters. The van der Waals surface area contributed by atoms with E-state index in [1.54, 1.807) is 22.2 Å². The quantitative estimate of drug-likeness (QED) is 0.585. The number of nitrogens with zero attached hydrogens (tertiary/aromatic N) is 3. The molecule has 0 aliphatic carbocycles. The van der Waals surface area contributed by atoms with Crippen LogP contribution in [-0.2, 0) is 26.1 Å². The van der Waals surface area contributed by atoms with Crippen LogP contribution in [0, 0.1) is 0 Å². The van der Waals surface area contributed by atoms with Crippen molar-refractivity contribution in [3.8, 4) is 5.75 Å². The highest BCUT2D eigenvalue weighted by atomic mass is 32.2. The maximum absolute atomic E-state index is 12.5. The highest BCUT2D eigenvalue weighted by Gasteiger charge is 2.50. The van der Waals surface area contributed by atoms with Crippen molar-refractivity contribution in [2.45, 2.75) is 35.1 Å². The molecule has 2 aliphatic heterocycles. The van der Waals surface area contributed by atoms with Crippen molar-refractivity contribution in [3.05, 3.63) is 59.7 Å². The molecule has 9 nitrogen and oxygen atoms in total. The molecule has 1 N–H and O–H groups in total. The first kappa shape index (κ1) is 19.6. The predicted molar refractivity (Wildman–Crippen MR) is 108 cm³/mol. The first-order valence-corrected chi connectivity index (χ1v) is 11.8. The van der Waals surface area contributed by atoms with Gasteiger partial charge in [-0.3, -0.25) is 0 Å². The fourth-order valence-electron chi connectivity index (χ4n) is 3.70. The minimum absolute atomic E-state index is 0.177. The third-order valence-electron chi connectivity index (χ3n) is 5.12. The molecule has 2 fully saturated rings. The van der Waals surface area contributed by atoms with E-state index in [0.29, 0.717) is 18.9 Å². The molecule has 3 aromatic rings. The molecule has 2 aliphatic rings. The molecule has 0 radical (unpaired) electrons. The van der Waals surface area contributed by atoms with Crippen molar-refractivity contribution < 1.29 is 22.6 Å². The van der Waals surface area contributed by atoms with Crippen LogP contribution in [0.4, 0.5) is 0 Å².